The van der Waals surface area contributed by atoms with E-state index in [1.165, 1.54) is 6.92 Å². The Hall–Kier alpha value is -0.210. The first-order valence-corrected chi connectivity index (χ1v) is 3.05. The van der Waals surface area contributed by atoms with Gasteiger partial charge in [0.15, 0.2) is 0 Å². The van der Waals surface area contributed by atoms with Gasteiger partial charge in [0.2, 0.25) is 0 Å². The lowest BCUT2D eigenvalue weighted by Gasteiger charge is -2.13. The molecule has 0 radical (unpaired) electrons. The summed E-state index contributed by atoms with van der Waals surface area (Å²) in [4.78, 5) is 0. The zero-order chi connectivity index (χ0) is 7.49. The topological polar surface area (TPSA) is 0 Å². The Balaban J connectivity index is 3.59. The van der Waals surface area contributed by atoms with Crippen LogP contribution in [0.4, 0.5) is 13.2 Å². The summed E-state index contributed by atoms with van der Waals surface area (Å²) in [6, 6.07) is 0. The van der Waals surface area contributed by atoms with E-state index in [2.05, 4.69) is 0 Å². The minimum Gasteiger partial charge on any atom is -0.171 e. The third kappa shape index (κ3) is 3.38. The van der Waals surface area contributed by atoms with Crippen molar-refractivity contribution in [2.45, 2.75) is 32.9 Å². The average molecular weight is 140 g/mol. The van der Waals surface area contributed by atoms with Gasteiger partial charge in [-0.3, -0.25) is 0 Å². The van der Waals surface area contributed by atoms with Crippen LogP contribution in [-0.2, 0) is 0 Å². The molecule has 0 rings (SSSR count). The molecule has 0 bridgehead atoms. The maximum absolute atomic E-state index is 11.6. The molecular weight excluding hydrogens is 129 g/mol. The van der Waals surface area contributed by atoms with Gasteiger partial charge in [0.1, 0.15) is 0 Å². The van der Waals surface area contributed by atoms with Crippen molar-refractivity contribution in [1.82, 2.24) is 0 Å². The van der Waals surface area contributed by atoms with Crippen molar-refractivity contribution in [2.24, 2.45) is 5.92 Å². The van der Waals surface area contributed by atoms with Crippen LogP contribution in [0.2, 0.25) is 0 Å². The second kappa shape index (κ2) is 3.08. The van der Waals surface area contributed by atoms with Gasteiger partial charge in [0.25, 0.3) is 0 Å². The highest BCUT2D eigenvalue weighted by Gasteiger charge is 2.34. The summed E-state index contributed by atoms with van der Waals surface area (Å²) in [5.74, 6) is -1.14. The number of alkyl halides is 3. The Morgan fingerprint density at radius 3 is 1.89 bits per heavy atom. The van der Waals surface area contributed by atoms with Gasteiger partial charge in [-0.05, 0) is 6.42 Å². The average Bonchev–Trinajstić information content (AvgIpc) is 1.64. The summed E-state index contributed by atoms with van der Waals surface area (Å²) in [7, 11) is 0. The lowest BCUT2D eigenvalue weighted by Crippen LogP contribution is -2.19. The summed E-state index contributed by atoms with van der Waals surface area (Å²) in [5, 5.41) is 0. The van der Waals surface area contributed by atoms with E-state index >= 15 is 0 Å². The van der Waals surface area contributed by atoms with Crippen molar-refractivity contribution >= 4 is 0 Å². The van der Waals surface area contributed by atoms with Gasteiger partial charge in [-0.1, -0.05) is 20.3 Å². The van der Waals surface area contributed by atoms with Crippen LogP contribution in [-0.4, -0.2) is 6.18 Å². The summed E-state index contributed by atoms with van der Waals surface area (Å²) in [6.07, 6.45) is -3.15. The van der Waals surface area contributed by atoms with E-state index in [-0.39, 0.29) is 6.42 Å². The number of hydrogen-bond acceptors (Lipinski definition) is 0. The van der Waals surface area contributed by atoms with E-state index in [1.54, 1.807) is 6.92 Å². The lowest BCUT2D eigenvalue weighted by atomic mass is 10.1. The van der Waals surface area contributed by atoms with Gasteiger partial charge in [0, 0.05) is 0 Å². The highest BCUT2D eigenvalue weighted by molar-refractivity contribution is 4.60. The zero-order valence-electron chi connectivity index (χ0n) is 5.63. The molecule has 0 aliphatic rings. The molecule has 1 atom stereocenters. The van der Waals surface area contributed by atoms with Crippen LogP contribution in [0.5, 0.6) is 0 Å². The fourth-order valence-corrected chi connectivity index (χ4v) is 0.597. The highest BCUT2D eigenvalue weighted by atomic mass is 19.4. The molecule has 0 aromatic heterocycles. The maximum Gasteiger partial charge on any atom is 0.391 e. The molecule has 0 aliphatic carbocycles. The minimum absolute atomic E-state index is 0.240. The number of halogens is 3. The first kappa shape index (κ1) is 8.79. The number of hydrogen-bond donors (Lipinski definition) is 0. The third-order valence-corrected chi connectivity index (χ3v) is 1.28. The van der Waals surface area contributed by atoms with Crippen LogP contribution in [0.1, 0.15) is 26.7 Å². The summed E-state index contributed by atoms with van der Waals surface area (Å²) in [6.45, 7) is 2.96. The van der Waals surface area contributed by atoms with Crippen LogP contribution >= 0.6 is 0 Å². The van der Waals surface area contributed by atoms with E-state index in [4.69, 9.17) is 0 Å². The van der Waals surface area contributed by atoms with Gasteiger partial charge >= 0.3 is 6.18 Å². The smallest absolute Gasteiger partial charge is 0.171 e. The van der Waals surface area contributed by atoms with Crippen molar-refractivity contribution in [3.05, 3.63) is 0 Å². The standard InChI is InChI=1S/C6H11F3/c1-3-4-5(2)6(7,8)9/h5H,3-4H2,1-2H3. The molecule has 56 valence electrons. The summed E-state index contributed by atoms with van der Waals surface area (Å²) >= 11 is 0. The molecule has 0 amide bonds. The Morgan fingerprint density at radius 1 is 1.33 bits per heavy atom. The highest BCUT2D eigenvalue weighted by Crippen LogP contribution is 2.28. The quantitative estimate of drug-likeness (QED) is 0.553. The summed E-state index contributed by atoms with van der Waals surface area (Å²) in [5.41, 5.74) is 0. The predicted molar refractivity (Wildman–Crippen MR) is 30.1 cm³/mol. The molecule has 0 aliphatic heterocycles. The van der Waals surface area contributed by atoms with Crippen molar-refractivity contribution in [2.75, 3.05) is 0 Å². The molecule has 0 aromatic rings. The Kier molecular flexibility index (Phi) is 3.01. The SMILES string of the molecule is CCCC(C)C(F)(F)F. The monoisotopic (exact) mass is 140 g/mol. The van der Waals surface area contributed by atoms with Gasteiger partial charge in [-0.25, -0.2) is 0 Å². The third-order valence-electron chi connectivity index (χ3n) is 1.28. The van der Waals surface area contributed by atoms with Crippen molar-refractivity contribution in [1.29, 1.82) is 0 Å². The molecular formula is C6H11F3. The first-order valence-electron chi connectivity index (χ1n) is 3.05. The second-order valence-electron chi connectivity index (χ2n) is 2.23. The van der Waals surface area contributed by atoms with E-state index in [1.807, 2.05) is 0 Å². The molecule has 9 heavy (non-hydrogen) atoms. The zero-order valence-corrected chi connectivity index (χ0v) is 5.63. The molecule has 0 aromatic carbocycles. The molecule has 0 saturated carbocycles. The van der Waals surface area contributed by atoms with Crippen molar-refractivity contribution < 1.29 is 13.2 Å². The Labute approximate surface area is 53.1 Å². The molecule has 3 heteroatoms. The maximum atomic E-state index is 11.6. The normalized spacial score (nSPS) is 15.7. The van der Waals surface area contributed by atoms with Crippen LogP contribution in [0.25, 0.3) is 0 Å². The molecule has 0 fully saturated rings. The first-order chi connectivity index (χ1) is 3.98. The molecule has 0 saturated heterocycles. The Bertz CT molecular complexity index is 74.9. The number of rotatable bonds is 2. The van der Waals surface area contributed by atoms with Gasteiger partial charge in [-0.2, -0.15) is 13.2 Å². The summed E-state index contributed by atoms with van der Waals surface area (Å²) < 4.78 is 34.9. The van der Waals surface area contributed by atoms with E-state index < -0.39 is 12.1 Å². The van der Waals surface area contributed by atoms with Crippen LogP contribution in [0, 0.1) is 5.92 Å². The van der Waals surface area contributed by atoms with Gasteiger partial charge in [-0.15, -0.1) is 0 Å². The fourth-order valence-electron chi connectivity index (χ4n) is 0.597. The fraction of sp³-hybridized carbons (Fsp3) is 1.00. The van der Waals surface area contributed by atoms with Gasteiger partial charge in [0.05, 0.1) is 5.92 Å². The van der Waals surface area contributed by atoms with Crippen LogP contribution < -0.4 is 0 Å². The molecule has 0 spiro atoms. The van der Waals surface area contributed by atoms with E-state index in [0.29, 0.717) is 6.42 Å². The molecule has 0 N–H and O–H groups in total. The van der Waals surface area contributed by atoms with Crippen molar-refractivity contribution in [3.63, 3.8) is 0 Å². The minimum atomic E-state index is -3.99. The second-order valence-corrected chi connectivity index (χ2v) is 2.23. The predicted octanol–water partition coefficient (Wildman–Crippen LogP) is 2.98. The van der Waals surface area contributed by atoms with Crippen LogP contribution in [0.15, 0.2) is 0 Å². The lowest BCUT2D eigenvalue weighted by molar-refractivity contribution is -0.171. The molecule has 1 unspecified atom stereocenters. The molecule has 0 nitrogen and oxygen atoms in total. The van der Waals surface area contributed by atoms with Crippen molar-refractivity contribution in [3.8, 4) is 0 Å². The Morgan fingerprint density at radius 2 is 1.78 bits per heavy atom. The van der Waals surface area contributed by atoms with Crippen LogP contribution in [0.3, 0.4) is 0 Å². The van der Waals surface area contributed by atoms with E-state index in [9.17, 15) is 13.2 Å². The molecule has 0 heterocycles. The van der Waals surface area contributed by atoms with E-state index in [0.717, 1.165) is 0 Å². The van der Waals surface area contributed by atoms with Gasteiger partial charge < -0.3 is 0 Å². The largest absolute Gasteiger partial charge is 0.391 e.